The molecule has 4 aliphatic carbocycles. The van der Waals surface area contributed by atoms with E-state index < -0.39 is 23.4 Å². The highest BCUT2D eigenvalue weighted by Gasteiger charge is 2.68. The van der Waals surface area contributed by atoms with E-state index in [0.717, 1.165) is 25.7 Å². The van der Waals surface area contributed by atoms with Gasteiger partial charge >= 0.3 is 5.97 Å². The molecule has 2 N–H and O–H groups in total. The number of ketones is 2. The molecule has 0 aromatic heterocycles. The maximum atomic E-state index is 12.4. The van der Waals surface area contributed by atoms with Crippen LogP contribution in [0.2, 0.25) is 0 Å². The van der Waals surface area contributed by atoms with Gasteiger partial charge in [-0.25, -0.2) is 0 Å². The fourth-order valence-corrected chi connectivity index (χ4v) is 7.78. The number of fused-ring (bicyclic) bond motifs is 5. The van der Waals surface area contributed by atoms with E-state index in [1.54, 1.807) is 0 Å². The van der Waals surface area contributed by atoms with Gasteiger partial charge in [0.2, 0.25) is 0 Å². The molecule has 0 bridgehead atoms. The van der Waals surface area contributed by atoms with E-state index in [2.05, 4.69) is 6.92 Å². The van der Waals surface area contributed by atoms with E-state index in [1.807, 2.05) is 0 Å². The van der Waals surface area contributed by atoms with Crippen molar-refractivity contribution in [1.82, 2.24) is 0 Å². The predicted octanol–water partition coefficient (Wildman–Crippen LogP) is 2.84. The van der Waals surface area contributed by atoms with Crippen molar-refractivity contribution in [2.75, 3.05) is 0 Å². The van der Waals surface area contributed by atoms with Crippen LogP contribution in [0.1, 0.15) is 65.2 Å². The molecular weight excluding hydrogens is 332 g/mol. The Hall–Kier alpha value is -1.23. The smallest absolute Gasteiger partial charge is 0.310 e. The van der Waals surface area contributed by atoms with Crippen molar-refractivity contribution in [3.8, 4) is 0 Å². The lowest BCUT2D eigenvalue weighted by Gasteiger charge is -2.61. The highest BCUT2D eigenvalue weighted by atomic mass is 16.4. The lowest BCUT2D eigenvalue weighted by molar-refractivity contribution is -0.193. The van der Waals surface area contributed by atoms with Crippen LogP contribution in [0.15, 0.2) is 0 Å². The molecular formula is C21H30O5. The van der Waals surface area contributed by atoms with Crippen LogP contribution in [0, 0.1) is 40.4 Å². The maximum Gasteiger partial charge on any atom is 0.310 e. The molecule has 0 amide bonds. The van der Waals surface area contributed by atoms with Gasteiger partial charge in [-0.05, 0) is 74.5 Å². The Bertz CT molecular complexity index is 657. The van der Waals surface area contributed by atoms with Crippen LogP contribution in [-0.4, -0.2) is 33.9 Å². The molecule has 4 fully saturated rings. The summed E-state index contributed by atoms with van der Waals surface area (Å²) in [5.41, 5.74) is -1.19. The zero-order chi connectivity index (χ0) is 18.9. The lowest BCUT2D eigenvalue weighted by atomic mass is 9.43. The fraction of sp³-hybridized carbons (Fsp3) is 0.857. The molecule has 0 heterocycles. The van der Waals surface area contributed by atoms with Crippen molar-refractivity contribution in [1.29, 1.82) is 0 Å². The van der Waals surface area contributed by atoms with Crippen molar-refractivity contribution >= 4 is 17.5 Å². The summed E-state index contributed by atoms with van der Waals surface area (Å²) in [6.45, 7) is 3.72. The number of Topliss-reactive ketones (excluding diaryl/α,β-unsaturated/α-hetero) is 2. The van der Waals surface area contributed by atoms with Gasteiger partial charge in [-0.1, -0.05) is 6.92 Å². The van der Waals surface area contributed by atoms with Gasteiger partial charge in [-0.15, -0.1) is 0 Å². The molecule has 5 heteroatoms. The minimum Gasteiger partial charge on any atom is -0.481 e. The summed E-state index contributed by atoms with van der Waals surface area (Å²) >= 11 is 0. The van der Waals surface area contributed by atoms with Gasteiger partial charge in [0.05, 0.1) is 11.5 Å². The first-order valence-electron chi connectivity index (χ1n) is 10.2. The summed E-state index contributed by atoms with van der Waals surface area (Å²) < 4.78 is 0. The van der Waals surface area contributed by atoms with Gasteiger partial charge in [0.25, 0.3) is 0 Å². The Morgan fingerprint density at radius 2 is 1.88 bits per heavy atom. The number of carboxylic acids is 1. The number of carbonyl (C=O) groups excluding carboxylic acids is 2. The quantitative estimate of drug-likeness (QED) is 0.788. The summed E-state index contributed by atoms with van der Waals surface area (Å²) in [7, 11) is 0. The number of hydrogen-bond acceptors (Lipinski definition) is 4. The van der Waals surface area contributed by atoms with Crippen LogP contribution in [0.5, 0.6) is 0 Å². The van der Waals surface area contributed by atoms with E-state index in [1.165, 1.54) is 6.92 Å². The van der Waals surface area contributed by atoms with Gasteiger partial charge in [0.15, 0.2) is 0 Å². The molecule has 4 rings (SSSR count). The number of carboxylic acid groups (broad SMARTS) is 1. The normalized spacial score (nSPS) is 50.5. The summed E-state index contributed by atoms with van der Waals surface area (Å²) in [4.78, 5) is 36.6. The molecule has 0 aliphatic heterocycles. The first kappa shape index (κ1) is 18.1. The van der Waals surface area contributed by atoms with E-state index in [-0.39, 0.29) is 35.4 Å². The maximum absolute atomic E-state index is 12.4. The van der Waals surface area contributed by atoms with Crippen molar-refractivity contribution in [2.24, 2.45) is 40.4 Å². The van der Waals surface area contributed by atoms with Crippen molar-refractivity contribution in [3.05, 3.63) is 0 Å². The molecule has 0 saturated heterocycles. The van der Waals surface area contributed by atoms with Gasteiger partial charge in [-0.2, -0.15) is 0 Å². The molecule has 4 saturated carbocycles. The molecule has 8 atom stereocenters. The molecule has 144 valence electrons. The molecule has 4 aliphatic rings. The molecule has 0 unspecified atom stereocenters. The number of hydrogen-bond donors (Lipinski definition) is 2. The topological polar surface area (TPSA) is 91.7 Å². The Morgan fingerprint density at radius 3 is 2.54 bits per heavy atom. The molecule has 0 radical (unpaired) electrons. The number of carbonyl (C=O) groups is 3. The Labute approximate surface area is 154 Å². The summed E-state index contributed by atoms with van der Waals surface area (Å²) in [5, 5.41) is 21.3. The van der Waals surface area contributed by atoms with Crippen LogP contribution < -0.4 is 0 Å². The molecule has 26 heavy (non-hydrogen) atoms. The minimum absolute atomic E-state index is 0.0299. The van der Waals surface area contributed by atoms with E-state index >= 15 is 0 Å². The zero-order valence-electron chi connectivity index (χ0n) is 15.7. The Morgan fingerprint density at radius 1 is 1.15 bits per heavy atom. The third-order valence-corrected chi connectivity index (χ3v) is 8.84. The van der Waals surface area contributed by atoms with E-state index in [9.17, 15) is 24.6 Å². The van der Waals surface area contributed by atoms with Crippen molar-refractivity contribution < 1.29 is 24.6 Å². The standard InChI is InChI=1S/C21H30O5/c1-11(22)15-5-6-16-14-4-3-12-9-13(23)7-8-20(12,2)18(14)17(24)10-21(15,16)19(25)26/h12,14-18,24H,3-10H2,1-2H3,(H,25,26)/t12-,14+,15-,16+,17+,18-,20+,21+/m1/s1. The van der Waals surface area contributed by atoms with Crippen LogP contribution in [0.25, 0.3) is 0 Å². The third kappa shape index (κ3) is 2.22. The highest BCUT2D eigenvalue weighted by molar-refractivity contribution is 5.88. The fourth-order valence-electron chi connectivity index (χ4n) is 7.78. The molecule has 0 aromatic carbocycles. The Balaban J connectivity index is 1.74. The molecule has 0 spiro atoms. The second kappa shape index (κ2) is 5.88. The summed E-state index contributed by atoms with van der Waals surface area (Å²) in [5.74, 6) is -0.619. The Kier molecular flexibility index (Phi) is 4.11. The zero-order valence-corrected chi connectivity index (χ0v) is 15.7. The van der Waals surface area contributed by atoms with Crippen molar-refractivity contribution in [2.45, 2.75) is 71.3 Å². The minimum atomic E-state index is -1.10. The second-order valence-corrected chi connectivity index (χ2v) is 9.68. The van der Waals surface area contributed by atoms with Crippen LogP contribution >= 0.6 is 0 Å². The summed E-state index contributed by atoms with van der Waals surface area (Å²) in [6, 6.07) is 0. The van der Waals surface area contributed by atoms with E-state index in [4.69, 9.17) is 0 Å². The van der Waals surface area contributed by atoms with Gasteiger partial charge in [0.1, 0.15) is 11.6 Å². The largest absolute Gasteiger partial charge is 0.481 e. The number of aliphatic hydroxyl groups is 1. The average Bonchev–Trinajstić information content (AvgIpc) is 2.96. The van der Waals surface area contributed by atoms with Crippen LogP contribution in [0.3, 0.4) is 0 Å². The van der Waals surface area contributed by atoms with Gasteiger partial charge < -0.3 is 10.2 Å². The number of aliphatic hydroxyl groups excluding tert-OH is 1. The second-order valence-electron chi connectivity index (χ2n) is 9.68. The molecule has 0 aromatic rings. The predicted molar refractivity (Wildman–Crippen MR) is 94.3 cm³/mol. The van der Waals surface area contributed by atoms with Crippen LogP contribution in [-0.2, 0) is 14.4 Å². The monoisotopic (exact) mass is 362 g/mol. The first-order valence-corrected chi connectivity index (χ1v) is 10.2. The highest BCUT2D eigenvalue weighted by Crippen LogP contribution is 2.67. The first-order chi connectivity index (χ1) is 12.2. The number of rotatable bonds is 2. The molecule has 5 nitrogen and oxygen atoms in total. The summed E-state index contributed by atoms with van der Waals surface area (Å²) in [6.07, 6.45) is 4.68. The van der Waals surface area contributed by atoms with Crippen molar-refractivity contribution in [3.63, 3.8) is 0 Å². The third-order valence-electron chi connectivity index (χ3n) is 8.84. The lowest BCUT2D eigenvalue weighted by Crippen LogP contribution is -2.61. The van der Waals surface area contributed by atoms with Gasteiger partial charge in [0, 0.05) is 18.8 Å². The average molecular weight is 362 g/mol. The van der Waals surface area contributed by atoms with Crippen LogP contribution in [0.4, 0.5) is 0 Å². The van der Waals surface area contributed by atoms with Gasteiger partial charge in [-0.3, -0.25) is 14.4 Å². The van der Waals surface area contributed by atoms with E-state index in [0.29, 0.717) is 31.0 Å². The SMILES string of the molecule is CC(=O)[C@H]1CC[C@H]2[C@@H]3CC[C@@H]4CC(=O)CC[C@]4(C)[C@H]3[C@@H](O)C[C@]12C(=O)O. The number of aliphatic carboxylic acids is 1.